The van der Waals surface area contributed by atoms with Gasteiger partial charge in [0.1, 0.15) is 4.88 Å². The maximum absolute atomic E-state index is 10.1. The van der Waals surface area contributed by atoms with Crippen LogP contribution in [0.3, 0.4) is 0 Å². The van der Waals surface area contributed by atoms with E-state index in [1.54, 1.807) is 0 Å². The summed E-state index contributed by atoms with van der Waals surface area (Å²) in [7, 11) is 0. The molecule has 3 N–H and O–H groups in total. The van der Waals surface area contributed by atoms with E-state index in [1.165, 1.54) is 6.07 Å². The standard InChI is InChI=1S/C5H4NO2S/c6-3-1-4(5(7)8)9-2-3/h1H,6H2,(H,7,8). The number of anilines is 1. The lowest BCUT2D eigenvalue weighted by Gasteiger charge is -1.79. The van der Waals surface area contributed by atoms with Crippen LogP contribution >= 0.6 is 11.3 Å². The number of thiophene rings is 1. The average molecular weight is 142 g/mol. The topological polar surface area (TPSA) is 63.3 Å². The van der Waals surface area contributed by atoms with Crippen LogP contribution in [0.2, 0.25) is 0 Å². The minimum atomic E-state index is -0.951. The van der Waals surface area contributed by atoms with Crippen molar-refractivity contribution in [1.29, 1.82) is 0 Å². The van der Waals surface area contributed by atoms with Gasteiger partial charge in [-0.05, 0) is 6.07 Å². The molecule has 1 radical (unpaired) electrons. The molecule has 0 spiro atoms. The number of nitrogens with two attached hydrogens (primary N) is 1. The van der Waals surface area contributed by atoms with E-state index in [-0.39, 0.29) is 4.88 Å². The van der Waals surface area contributed by atoms with Crippen LogP contribution in [-0.2, 0) is 0 Å². The summed E-state index contributed by atoms with van der Waals surface area (Å²) in [6.07, 6.45) is 0. The molecule has 1 heterocycles. The average Bonchev–Trinajstić information content (AvgIpc) is 2.14. The van der Waals surface area contributed by atoms with Crippen LogP contribution in [0.1, 0.15) is 9.67 Å². The molecule has 1 aromatic rings. The van der Waals surface area contributed by atoms with Crippen molar-refractivity contribution >= 4 is 23.0 Å². The normalized spacial score (nSPS) is 9.33. The Balaban J connectivity index is 2.98. The largest absolute Gasteiger partial charge is 0.477 e. The first kappa shape index (κ1) is 6.10. The SMILES string of the molecule is Nc1[c]sc(C(=O)O)c1. The third-order valence-electron chi connectivity index (χ3n) is 0.776. The van der Waals surface area contributed by atoms with Gasteiger partial charge in [-0.15, -0.1) is 11.3 Å². The minimum Gasteiger partial charge on any atom is -0.477 e. The summed E-state index contributed by atoms with van der Waals surface area (Å²) in [5, 5.41) is 10.9. The fourth-order valence-corrected chi connectivity index (χ4v) is 0.979. The molecule has 4 heteroatoms. The van der Waals surface area contributed by atoms with E-state index in [2.05, 4.69) is 5.38 Å². The van der Waals surface area contributed by atoms with Crippen LogP contribution in [0.25, 0.3) is 0 Å². The Morgan fingerprint density at radius 1 is 1.89 bits per heavy atom. The fraction of sp³-hybridized carbons (Fsp3) is 0. The molecule has 0 aromatic carbocycles. The van der Waals surface area contributed by atoms with Crippen molar-refractivity contribution in [3.8, 4) is 0 Å². The van der Waals surface area contributed by atoms with Gasteiger partial charge in [0.25, 0.3) is 0 Å². The van der Waals surface area contributed by atoms with Crippen molar-refractivity contribution in [3.63, 3.8) is 0 Å². The van der Waals surface area contributed by atoms with Crippen molar-refractivity contribution in [1.82, 2.24) is 0 Å². The highest BCUT2D eigenvalue weighted by Crippen LogP contribution is 2.14. The lowest BCUT2D eigenvalue weighted by molar-refractivity contribution is 0.0702. The second-order valence-electron chi connectivity index (χ2n) is 1.47. The van der Waals surface area contributed by atoms with Crippen molar-refractivity contribution in [3.05, 3.63) is 16.3 Å². The van der Waals surface area contributed by atoms with E-state index < -0.39 is 5.97 Å². The fourth-order valence-electron chi connectivity index (χ4n) is 0.419. The number of carbonyl (C=O) groups is 1. The zero-order chi connectivity index (χ0) is 6.85. The Hall–Kier alpha value is -1.03. The molecule has 0 atom stereocenters. The van der Waals surface area contributed by atoms with Gasteiger partial charge >= 0.3 is 5.97 Å². The highest BCUT2D eigenvalue weighted by atomic mass is 32.1. The Kier molecular flexibility index (Phi) is 1.40. The maximum Gasteiger partial charge on any atom is 0.345 e. The summed E-state index contributed by atoms with van der Waals surface area (Å²) >= 11 is 1.01. The molecule has 0 aliphatic rings. The monoisotopic (exact) mass is 142 g/mol. The molecule has 0 saturated carbocycles. The quantitative estimate of drug-likeness (QED) is 0.610. The summed E-state index contributed by atoms with van der Waals surface area (Å²) in [6, 6.07) is 1.38. The third kappa shape index (κ3) is 1.20. The Labute approximate surface area is 55.7 Å². The number of aromatic carboxylic acids is 1. The predicted molar refractivity (Wildman–Crippen MR) is 34.5 cm³/mol. The molecule has 0 bridgehead atoms. The first-order chi connectivity index (χ1) is 4.20. The summed E-state index contributed by atoms with van der Waals surface area (Å²) in [5.74, 6) is -0.951. The molecule has 3 nitrogen and oxygen atoms in total. The van der Waals surface area contributed by atoms with Crippen LogP contribution in [-0.4, -0.2) is 11.1 Å². The molecule has 47 valence electrons. The van der Waals surface area contributed by atoms with Gasteiger partial charge < -0.3 is 10.8 Å². The minimum absolute atomic E-state index is 0.229. The van der Waals surface area contributed by atoms with Gasteiger partial charge in [-0.2, -0.15) is 0 Å². The Morgan fingerprint density at radius 2 is 2.56 bits per heavy atom. The lowest BCUT2D eigenvalue weighted by atomic mass is 10.4. The zero-order valence-electron chi connectivity index (χ0n) is 4.42. The van der Waals surface area contributed by atoms with E-state index >= 15 is 0 Å². The molecule has 9 heavy (non-hydrogen) atoms. The van der Waals surface area contributed by atoms with Crippen molar-refractivity contribution in [2.24, 2.45) is 0 Å². The molecule has 0 aliphatic heterocycles. The Morgan fingerprint density at radius 3 is 2.78 bits per heavy atom. The summed E-state index contributed by atoms with van der Waals surface area (Å²) in [6.45, 7) is 0. The van der Waals surface area contributed by atoms with Gasteiger partial charge in [0.15, 0.2) is 0 Å². The van der Waals surface area contributed by atoms with Crippen LogP contribution in [0.5, 0.6) is 0 Å². The molecule has 1 rings (SSSR count). The number of nitrogen functional groups attached to an aromatic ring is 1. The Bertz CT molecular complexity index is 231. The molecule has 0 saturated heterocycles. The number of carboxylic acid groups (broad SMARTS) is 1. The number of carboxylic acids is 1. The smallest absolute Gasteiger partial charge is 0.345 e. The molecular formula is C5H4NO2S. The molecule has 0 amide bonds. The highest BCUT2D eigenvalue weighted by Gasteiger charge is 2.03. The predicted octanol–water partition coefficient (Wildman–Crippen LogP) is 0.829. The second-order valence-corrected chi connectivity index (χ2v) is 2.32. The van der Waals surface area contributed by atoms with E-state index in [0.717, 1.165) is 11.3 Å². The number of hydrogen-bond donors (Lipinski definition) is 2. The first-order valence-corrected chi connectivity index (χ1v) is 3.02. The second kappa shape index (κ2) is 2.06. The highest BCUT2D eigenvalue weighted by molar-refractivity contribution is 7.11. The van der Waals surface area contributed by atoms with Crippen LogP contribution in [0.4, 0.5) is 5.69 Å². The van der Waals surface area contributed by atoms with Gasteiger partial charge in [-0.1, -0.05) is 0 Å². The van der Waals surface area contributed by atoms with Crippen LogP contribution < -0.4 is 5.73 Å². The van der Waals surface area contributed by atoms with Gasteiger partial charge in [0, 0.05) is 0 Å². The van der Waals surface area contributed by atoms with Gasteiger partial charge in [0.05, 0.1) is 11.1 Å². The van der Waals surface area contributed by atoms with Gasteiger partial charge in [-0.25, -0.2) is 4.79 Å². The number of rotatable bonds is 1. The van der Waals surface area contributed by atoms with E-state index in [4.69, 9.17) is 10.8 Å². The zero-order valence-corrected chi connectivity index (χ0v) is 5.23. The van der Waals surface area contributed by atoms with Crippen LogP contribution in [0, 0.1) is 5.38 Å². The van der Waals surface area contributed by atoms with E-state index in [0.29, 0.717) is 5.69 Å². The summed E-state index contributed by atoms with van der Waals surface area (Å²) < 4.78 is 0. The van der Waals surface area contributed by atoms with Gasteiger partial charge in [-0.3, -0.25) is 0 Å². The number of hydrogen-bond acceptors (Lipinski definition) is 3. The maximum atomic E-state index is 10.1. The molecule has 0 aliphatic carbocycles. The molecule has 1 aromatic heterocycles. The van der Waals surface area contributed by atoms with E-state index in [9.17, 15) is 4.79 Å². The first-order valence-electron chi connectivity index (χ1n) is 2.20. The third-order valence-corrected chi connectivity index (χ3v) is 1.63. The van der Waals surface area contributed by atoms with Crippen molar-refractivity contribution in [2.45, 2.75) is 0 Å². The molecule has 0 unspecified atom stereocenters. The molecule has 0 fully saturated rings. The lowest BCUT2D eigenvalue weighted by Crippen LogP contribution is -1.90. The van der Waals surface area contributed by atoms with Crippen LogP contribution in [0.15, 0.2) is 6.07 Å². The molecular weight excluding hydrogens is 138 g/mol. The van der Waals surface area contributed by atoms with Gasteiger partial charge in [0.2, 0.25) is 0 Å². The summed E-state index contributed by atoms with van der Waals surface area (Å²) in [5.41, 5.74) is 5.59. The van der Waals surface area contributed by atoms with Crippen molar-refractivity contribution < 1.29 is 9.90 Å². The summed E-state index contributed by atoms with van der Waals surface area (Å²) in [4.78, 5) is 10.4. The van der Waals surface area contributed by atoms with Crippen molar-refractivity contribution in [2.75, 3.05) is 5.73 Å². The van der Waals surface area contributed by atoms with E-state index in [1.807, 2.05) is 0 Å².